The Morgan fingerprint density at radius 3 is 2.06 bits per heavy atom. The lowest BCUT2D eigenvalue weighted by Gasteiger charge is -2.22. The first-order valence-electron chi connectivity index (χ1n) is 11.4. The highest BCUT2D eigenvalue weighted by Gasteiger charge is 2.27. The van der Waals surface area contributed by atoms with Crippen molar-refractivity contribution in [1.82, 2.24) is 10.0 Å². The van der Waals surface area contributed by atoms with Gasteiger partial charge in [0.05, 0.1) is 19.1 Å². The number of aryl methyl sites for hydroxylation is 1. The van der Waals surface area contributed by atoms with Crippen LogP contribution in [0.2, 0.25) is 0 Å². The largest absolute Gasteiger partial charge is 0.493 e. The van der Waals surface area contributed by atoms with Gasteiger partial charge in [0.25, 0.3) is 0 Å². The Morgan fingerprint density at radius 2 is 1.46 bits per heavy atom. The standard InChI is InChI=1S/C27H32N2O5S/c1-20(14-15-21-10-6-4-7-11-21)28-27(30)24(18-22-12-8-5-9-13-22)29-35(31,32)23-16-17-25(33-2)26(19-23)34-3/h4-13,16-17,19-20,24,29H,14-15,18H2,1-3H3,(H,28,30)/t20-,24-/m1/s1. The highest BCUT2D eigenvalue weighted by atomic mass is 32.2. The van der Waals surface area contributed by atoms with E-state index in [0.29, 0.717) is 5.75 Å². The van der Waals surface area contributed by atoms with Crippen LogP contribution in [-0.2, 0) is 27.7 Å². The number of nitrogens with one attached hydrogen (secondary N) is 2. The third-order valence-corrected chi connectivity index (χ3v) is 7.13. The van der Waals surface area contributed by atoms with Gasteiger partial charge in [-0.3, -0.25) is 4.79 Å². The van der Waals surface area contributed by atoms with Crippen molar-refractivity contribution in [3.05, 3.63) is 90.0 Å². The molecule has 7 nitrogen and oxygen atoms in total. The lowest BCUT2D eigenvalue weighted by Crippen LogP contribution is -2.50. The van der Waals surface area contributed by atoms with E-state index in [1.807, 2.05) is 67.6 Å². The summed E-state index contributed by atoms with van der Waals surface area (Å²) >= 11 is 0. The van der Waals surface area contributed by atoms with Crippen LogP contribution in [0.5, 0.6) is 11.5 Å². The third kappa shape index (κ3) is 7.56. The second-order valence-corrected chi connectivity index (χ2v) is 10.0. The van der Waals surface area contributed by atoms with Gasteiger partial charge in [-0.25, -0.2) is 8.42 Å². The summed E-state index contributed by atoms with van der Waals surface area (Å²) in [6.07, 6.45) is 1.75. The molecule has 0 fully saturated rings. The summed E-state index contributed by atoms with van der Waals surface area (Å²) in [6.45, 7) is 1.92. The number of carbonyl (C=O) groups excluding carboxylic acids is 1. The van der Waals surface area contributed by atoms with Crippen LogP contribution in [0.25, 0.3) is 0 Å². The zero-order valence-electron chi connectivity index (χ0n) is 20.2. The van der Waals surface area contributed by atoms with Gasteiger partial charge in [0.1, 0.15) is 6.04 Å². The molecule has 0 heterocycles. The van der Waals surface area contributed by atoms with E-state index >= 15 is 0 Å². The predicted octanol–water partition coefficient (Wildman–Crippen LogP) is 3.73. The molecule has 2 N–H and O–H groups in total. The van der Waals surface area contributed by atoms with Crippen molar-refractivity contribution in [3.8, 4) is 11.5 Å². The minimum Gasteiger partial charge on any atom is -0.493 e. The van der Waals surface area contributed by atoms with Crippen LogP contribution in [0.1, 0.15) is 24.5 Å². The molecular weight excluding hydrogens is 464 g/mol. The average Bonchev–Trinajstić information content (AvgIpc) is 2.87. The number of carbonyl (C=O) groups is 1. The van der Waals surface area contributed by atoms with E-state index in [4.69, 9.17) is 9.47 Å². The summed E-state index contributed by atoms with van der Waals surface area (Å²) in [4.78, 5) is 13.2. The molecule has 2 atom stereocenters. The van der Waals surface area contributed by atoms with Gasteiger partial charge >= 0.3 is 0 Å². The normalized spacial score (nSPS) is 13.0. The molecular formula is C27H32N2O5S. The lowest BCUT2D eigenvalue weighted by molar-refractivity contribution is -0.123. The summed E-state index contributed by atoms with van der Waals surface area (Å²) in [5.74, 6) is 0.324. The molecule has 35 heavy (non-hydrogen) atoms. The van der Waals surface area contributed by atoms with E-state index in [-0.39, 0.29) is 29.0 Å². The van der Waals surface area contributed by atoms with Crippen LogP contribution < -0.4 is 19.5 Å². The summed E-state index contributed by atoms with van der Waals surface area (Å²) in [5.41, 5.74) is 2.03. The van der Waals surface area contributed by atoms with Crippen LogP contribution in [0.4, 0.5) is 0 Å². The quantitative estimate of drug-likeness (QED) is 0.399. The lowest BCUT2D eigenvalue weighted by atomic mass is 10.0. The fraction of sp³-hybridized carbons (Fsp3) is 0.296. The third-order valence-electron chi connectivity index (χ3n) is 5.66. The second-order valence-electron chi connectivity index (χ2n) is 8.31. The van der Waals surface area contributed by atoms with Gasteiger partial charge in [-0.2, -0.15) is 4.72 Å². The van der Waals surface area contributed by atoms with E-state index < -0.39 is 16.1 Å². The van der Waals surface area contributed by atoms with E-state index in [1.54, 1.807) is 0 Å². The minimum atomic E-state index is -4.02. The highest BCUT2D eigenvalue weighted by molar-refractivity contribution is 7.89. The van der Waals surface area contributed by atoms with Gasteiger partial charge in [-0.1, -0.05) is 60.7 Å². The zero-order chi connectivity index (χ0) is 25.3. The molecule has 0 unspecified atom stereocenters. The summed E-state index contributed by atoms with van der Waals surface area (Å²) < 4.78 is 39.5. The summed E-state index contributed by atoms with van der Waals surface area (Å²) in [5, 5.41) is 2.97. The monoisotopic (exact) mass is 496 g/mol. The number of hydrogen-bond donors (Lipinski definition) is 2. The molecule has 0 saturated carbocycles. The second kappa shape index (κ2) is 12.4. The van der Waals surface area contributed by atoms with Gasteiger partial charge in [0.2, 0.25) is 15.9 Å². The average molecular weight is 497 g/mol. The van der Waals surface area contributed by atoms with Crippen LogP contribution in [0, 0.1) is 0 Å². The molecule has 0 aliphatic heterocycles. The maximum atomic E-state index is 13.2. The molecule has 3 rings (SSSR count). The molecule has 8 heteroatoms. The van der Waals surface area contributed by atoms with Crippen molar-refractivity contribution in [3.63, 3.8) is 0 Å². The van der Waals surface area contributed by atoms with Gasteiger partial charge in [0.15, 0.2) is 11.5 Å². The molecule has 0 aliphatic rings. The minimum absolute atomic E-state index is 0.0156. The van der Waals surface area contributed by atoms with E-state index in [0.717, 1.165) is 18.4 Å². The molecule has 186 valence electrons. The fourth-order valence-corrected chi connectivity index (χ4v) is 4.93. The molecule has 0 spiro atoms. The number of amides is 1. The fourth-order valence-electron chi connectivity index (χ4n) is 3.72. The Kier molecular flexibility index (Phi) is 9.28. The molecule has 1 amide bonds. The number of benzene rings is 3. The highest BCUT2D eigenvalue weighted by Crippen LogP contribution is 2.29. The van der Waals surface area contributed by atoms with Gasteiger partial charge in [-0.05, 0) is 49.4 Å². The number of methoxy groups -OCH3 is 2. The van der Waals surface area contributed by atoms with E-state index in [9.17, 15) is 13.2 Å². The number of rotatable bonds is 12. The van der Waals surface area contributed by atoms with Gasteiger partial charge < -0.3 is 14.8 Å². The molecule has 0 aliphatic carbocycles. The SMILES string of the molecule is COc1ccc(S(=O)(=O)N[C@H](Cc2ccccc2)C(=O)N[C@H](C)CCc2ccccc2)cc1OC. The topological polar surface area (TPSA) is 93.7 Å². The van der Waals surface area contributed by atoms with Crippen LogP contribution in [0.15, 0.2) is 83.8 Å². The van der Waals surface area contributed by atoms with Gasteiger partial charge in [0, 0.05) is 12.1 Å². The van der Waals surface area contributed by atoms with Crippen molar-refractivity contribution in [2.75, 3.05) is 14.2 Å². The zero-order valence-corrected chi connectivity index (χ0v) is 21.0. The number of ether oxygens (including phenoxy) is 2. The Morgan fingerprint density at radius 1 is 0.857 bits per heavy atom. The Balaban J connectivity index is 1.76. The number of sulfonamides is 1. The molecule has 0 aromatic heterocycles. The Bertz CT molecular complexity index is 1200. The maximum Gasteiger partial charge on any atom is 0.241 e. The summed E-state index contributed by atoms with van der Waals surface area (Å²) in [7, 11) is -1.11. The Labute approximate surface area is 207 Å². The smallest absolute Gasteiger partial charge is 0.241 e. The van der Waals surface area contributed by atoms with Gasteiger partial charge in [-0.15, -0.1) is 0 Å². The molecule has 0 saturated heterocycles. The van der Waals surface area contributed by atoms with Crippen molar-refractivity contribution in [2.45, 2.75) is 43.2 Å². The van der Waals surface area contributed by atoms with Crippen molar-refractivity contribution < 1.29 is 22.7 Å². The van der Waals surface area contributed by atoms with Crippen molar-refractivity contribution in [1.29, 1.82) is 0 Å². The first-order valence-corrected chi connectivity index (χ1v) is 12.9. The van der Waals surface area contributed by atoms with Crippen LogP contribution in [0.3, 0.4) is 0 Å². The maximum absolute atomic E-state index is 13.2. The Hall–Kier alpha value is -3.36. The first kappa shape index (κ1) is 26.2. The van der Waals surface area contributed by atoms with Crippen molar-refractivity contribution in [2.24, 2.45) is 0 Å². The van der Waals surface area contributed by atoms with Crippen LogP contribution >= 0.6 is 0 Å². The van der Waals surface area contributed by atoms with E-state index in [2.05, 4.69) is 10.0 Å². The molecule has 0 bridgehead atoms. The first-order chi connectivity index (χ1) is 16.8. The molecule has 0 radical (unpaired) electrons. The number of hydrogen-bond acceptors (Lipinski definition) is 5. The molecule has 3 aromatic carbocycles. The van der Waals surface area contributed by atoms with Crippen LogP contribution in [-0.4, -0.2) is 40.6 Å². The predicted molar refractivity (Wildman–Crippen MR) is 136 cm³/mol. The van der Waals surface area contributed by atoms with E-state index in [1.165, 1.54) is 38.0 Å². The summed E-state index contributed by atoms with van der Waals surface area (Å²) in [6, 6.07) is 22.5. The molecule has 3 aromatic rings. The van der Waals surface area contributed by atoms with Crippen molar-refractivity contribution >= 4 is 15.9 Å².